The van der Waals surface area contributed by atoms with E-state index in [-0.39, 0.29) is 19.0 Å². The SMILES string of the molecule is C=C(CC)C(=O)OCCOC(=O)Nc1cccc(C(=O)c2ccccc2)c1. The predicted octanol–water partition coefficient (Wildman–Crippen LogP) is 3.98. The molecule has 0 atom stereocenters. The van der Waals surface area contributed by atoms with Gasteiger partial charge < -0.3 is 9.47 Å². The molecule has 1 amide bonds. The molecule has 140 valence electrons. The Kier molecular flexibility index (Phi) is 7.31. The van der Waals surface area contributed by atoms with E-state index in [1.807, 2.05) is 6.07 Å². The lowest BCUT2D eigenvalue weighted by atomic mass is 10.0. The summed E-state index contributed by atoms with van der Waals surface area (Å²) in [6.45, 7) is 5.22. The number of nitrogens with one attached hydrogen (secondary N) is 1. The molecule has 0 bridgehead atoms. The van der Waals surface area contributed by atoms with Crippen LogP contribution in [0.5, 0.6) is 0 Å². The summed E-state index contributed by atoms with van der Waals surface area (Å²) in [6, 6.07) is 15.4. The molecule has 0 fully saturated rings. The van der Waals surface area contributed by atoms with Crippen LogP contribution in [0.3, 0.4) is 0 Å². The van der Waals surface area contributed by atoms with Crippen molar-refractivity contribution in [3.8, 4) is 0 Å². The van der Waals surface area contributed by atoms with E-state index in [4.69, 9.17) is 9.47 Å². The lowest BCUT2D eigenvalue weighted by Gasteiger charge is -2.09. The van der Waals surface area contributed by atoms with Crippen LogP contribution in [-0.2, 0) is 14.3 Å². The van der Waals surface area contributed by atoms with Crippen molar-refractivity contribution in [1.29, 1.82) is 0 Å². The van der Waals surface area contributed by atoms with E-state index in [1.165, 1.54) is 0 Å². The van der Waals surface area contributed by atoms with E-state index in [1.54, 1.807) is 55.5 Å². The Bertz CT molecular complexity index is 829. The van der Waals surface area contributed by atoms with Crippen molar-refractivity contribution in [2.75, 3.05) is 18.5 Å². The molecule has 6 heteroatoms. The quantitative estimate of drug-likeness (QED) is 0.330. The third kappa shape index (κ3) is 6.11. The standard InChI is InChI=1S/C21H21NO5/c1-3-15(2)20(24)26-12-13-27-21(25)22-18-11-7-10-17(14-18)19(23)16-8-5-4-6-9-16/h4-11,14H,2-3,12-13H2,1H3,(H,22,25). The normalized spacial score (nSPS) is 9.96. The fraction of sp³-hybridized carbons (Fsp3) is 0.190. The average molecular weight is 367 g/mol. The topological polar surface area (TPSA) is 81.7 Å². The van der Waals surface area contributed by atoms with E-state index in [9.17, 15) is 14.4 Å². The molecule has 0 saturated carbocycles. The summed E-state index contributed by atoms with van der Waals surface area (Å²) in [5.41, 5.74) is 1.80. The van der Waals surface area contributed by atoms with E-state index >= 15 is 0 Å². The molecule has 0 aliphatic carbocycles. The molecule has 0 unspecified atom stereocenters. The summed E-state index contributed by atoms with van der Waals surface area (Å²) >= 11 is 0. The molecule has 0 radical (unpaired) electrons. The van der Waals surface area contributed by atoms with E-state index < -0.39 is 12.1 Å². The highest BCUT2D eigenvalue weighted by Crippen LogP contribution is 2.15. The summed E-state index contributed by atoms with van der Waals surface area (Å²) in [5, 5.41) is 2.54. The molecule has 2 aromatic rings. The zero-order valence-electron chi connectivity index (χ0n) is 15.1. The van der Waals surface area contributed by atoms with Crippen molar-refractivity contribution in [2.24, 2.45) is 0 Å². The number of carbonyl (C=O) groups is 3. The molecular weight excluding hydrogens is 346 g/mol. The molecule has 2 rings (SSSR count). The van der Waals surface area contributed by atoms with Crippen LogP contribution in [-0.4, -0.2) is 31.1 Å². The van der Waals surface area contributed by atoms with Gasteiger partial charge in [0.2, 0.25) is 0 Å². The van der Waals surface area contributed by atoms with Crippen LogP contribution in [0.4, 0.5) is 10.5 Å². The molecule has 2 aromatic carbocycles. The molecule has 0 aromatic heterocycles. The molecule has 6 nitrogen and oxygen atoms in total. The Balaban J connectivity index is 1.85. The number of anilines is 1. The molecule has 0 saturated heterocycles. The van der Waals surface area contributed by atoms with Crippen LogP contribution in [0.1, 0.15) is 29.3 Å². The Morgan fingerprint density at radius 2 is 1.59 bits per heavy atom. The highest BCUT2D eigenvalue weighted by Gasteiger charge is 2.11. The lowest BCUT2D eigenvalue weighted by molar-refractivity contribution is -0.140. The zero-order chi connectivity index (χ0) is 19.6. The Morgan fingerprint density at radius 1 is 0.926 bits per heavy atom. The fourth-order valence-electron chi connectivity index (χ4n) is 2.16. The minimum Gasteiger partial charge on any atom is -0.459 e. The summed E-state index contributed by atoms with van der Waals surface area (Å²) in [4.78, 5) is 35.7. The maximum absolute atomic E-state index is 12.4. The number of ketones is 1. The molecule has 0 aliphatic heterocycles. The summed E-state index contributed by atoms with van der Waals surface area (Å²) in [7, 11) is 0. The Labute approximate surface area is 157 Å². The number of rotatable bonds is 8. The third-order valence-corrected chi connectivity index (χ3v) is 3.67. The van der Waals surface area contributed by atoms with Gasteiger partial charge in [0.05, 0.1) is 0 Å². The molecule has 1 N–H and O–H groups in total. The largest absolute Gasteiger partial charge is 0.459 e. The van der Waals surface area contributed by atoms with Crippen molar-refractivity contribution >= 4 is 23.5 Å². The van der Waals surface area contributed by atoms with E-state index in [2.05, 4.69) is 11.9 Å². The van der Waals surface area contributed by atoms with E-state index in [0.29, 0.717) is 28.8 Å². The van der Waals surface area contributed by atoms with Crippen molar-refractivity contribution in [3.63, 3.8) is 0 Å². The van der Waals surface area contributed by atoms with Crippen LogP contribution in [0.15, 0.2) is 66.7 Å². The van der Waals surface area contributed by atoms with Gasteiger partial charge in [-0.2, -0.15) is 0 Å². The highest BCUT2D eigenvalue weighted by atomic mass is 16.6. The summed E-state index contributed by atoms with van der Waals surface area (Å²) in [6.07, 6.45) is -0.206. The van der Waals surface area contributed by atoms with Crippen molar-refractivity contribution in [1.82, 2.24) is 0 Å². The van der Waals surface area contributed by atoms with Crippen LogP contribution >= 0.6 is 0 Å². The maximum atomic E-state index is 12.4. The number of hydrogen-bond acceptors (Lipinski definition) is 5. The third-order valence-electron chi connectivity index (χ3n) is 3.67. The second-order valence-electron chi connectivity index (χ2n) is 5.63. The van der Waals surface area contributed by atoms with Gasteiger partial charge >= 0.3 is 12.1 Å². The minimum atomic E-state index is -0.704. The number of ether oxygens (including phenoxy) is 2. The summed E-state index contributed by atoms with van der Waals surface area (Å²) in [5.74, 6) is -0.649. The smallest absolute Gasteiger partial charge is 0.411 e. The number of benzene rings is 2. The van der Waals surface area contributed by atoms with Crippen LogP contribution < -0.4 is 5.32 Å². The first-order valence-electron chi connectivity index (χ1n) is 8.49. The first-order chi connectivity index (χ1) is 13.0. The lowest BCUT2D eigenvalue weighted by Crippen LogP contribution is -2.18. The molecule has 0 spiro atoms. The van der Waals surface area contributed by atoms with Crippen molar-refractivity contribution in [2.45, 2.75) is 13.3 Å². The van der Waals surface area contributed by atoms with Gasteiger partial charge in [-0.15, -0.1) is 0 Å². The van der Waals surface area contributed by atoms with Crippen molar-refractivity contribution in [3.05, 3.63) is 77.9 Å². The highest BCUT2D eigenvalue weighted by molar-refractivity contribution is 6.09. The Hall–Kier alpha value is -3.41. The van der Waals surface area contributed by atoms with Crippen LogP contribution in [0.2, 0.25) is 0 Å². The van der Waals surface area contributed by atoms with Crippen LogP contribution in [0.25, 0.3) is 0 Å². The number of hydrogen-bond donors (Lipinski definition) is 1. The molecule has 0 heterocycles. The van der Waals surface area contributed by atoms with Gasteiger partial charge in [-0.25, -0.2) is 9.59 Å². The minimum absolute atomic E-state index is 0.0577. The maximum Gasteiger partial charge on any atom is 0.411 e. The summed E-state index contributed by atoms with van der Waals surface area (Å²) < 4.78 is 9.86. The monoisotopic (exact) mass is 367 g/mol. The van der Waals surface area contributed by atoms with Crippen molar-refractivity contribution < 1.29 is 23.9 Å². The van der Waals surface area contributed by atoms with Crippen LogP contribution in [0, 0.1) is 0 Å². The molecular formula is C21H21NO5. The fourth-order valence-corrected chi connectivity index (χ4v) is 2.16. The second kappa shape index (κ2) is 9.91. The first-order valence-corrected chi connectivity index (χ1v) is 8.49. The number of esters is 1. The van der Waals surface area contributed by atoms with Gasteiger partial charge in [0.15, 0.2) is 5.78 Å². The van der Waals surface area contributed by atoms with Gasteiger partial charge in [-0.05, 0) is 18.6 Å². The average Bonchev–Trinajstić information content (AvgIpc) is 2.70. The van der Waals surface area contributed by atoms with Gasteiger partial charge in [-0.3, -0.25) is 10.1 Å². The first kappa shape index (κ1) is 19.9. The van der Waals surface area contributed by atoms with Gasteiger partial charge in [0, 0.05) is 22.4 Å². The zero-order valence-corrected chi connectivity index (χ0v) is 15.1. The van der Waals surface area contributed by atoms with Gasteiger partial charge in [-0.1, -0.05) is 56.0 Å². The number of carbonyl (C=O) groups excluding carboxylic acids is 3. The second-order valence-corrected chi connectivity index (χ2v) is 5.63. The predicted molar refractivity (Wildman–Crippen MR) is 102 cm³/mol. The Morgan fingerprint density at radius 3 is 2.30 bits per heavy atom. The molecule has 0 aliphatic rings. The van der Waals surface area contributed by atoms with E-state index in [0.717, 1.165) is 0 Å². The van der Waals surface area contributed by atoms with Gasteiger partial charge in [0.25, 0.3) is 0 Å². The molecule has 27 heavy (non-hydrogen) atoms. The van der Waals surface area contributed by atoms with Gasteiger partial charge in [0.1, 0.15) is 13.2 Å². The number of amides is 1.